The third-order valence-electron chi connectivity index (χ3n) is 16.8. The molecule has 2 saturated carbocycles. The van der Waals surface area contributed by atoms with E-state index in [4.69, 9.17) is 23.2 Å². The summed E-state index contributed by atoms with van der Waals surface area (Å²) in [5.41, 5.74) is 1.19. The van der Waals surface area contributed by atoms with E-state index in [0.717, 1.165) is 50.3 Å². The summed E-state index contributed by atoms with van der Waals surface area (Å²) in [6, 6.07) is 13.1. The van der Waals surface area contributed by atoms with Crippen LogP contribution in [-0.4, -0.2) is 120 Å². The van der Waals surface area contributed by atoms with Crippen molar-refractivity contribution in [3.8, 4) is 0 Å². The molecule has 0 radical (unpaired) electrons. The van der Waals surface area contributed by atoms with Gasteiger partial charge in [0.2, 0.25) is 33.7 Å². The molecule has 1 unspecified atom stereocenters. The first-order valence-electron chi connectivity index (χ1n) is 25.5. The van der Waals surface area contributed by atoms with E-state index in [9.17, 15) is 37.2 Å². The van der Waals surface area contributed by atoms with Crippen LogP contribution in [0.15, 0.2) is 59.4 Å². The van der Waals surface area contributed by atoms with Crippen LogP contribution >= 0.6 is 23.2 Å². The van der Waals surface area contributed by atoms with Gasteiger partial charge in [0.25, 0.3) is 5.91 Å². The summed E-state index contributed by atoms with van der Waals surface area (Å²) in [6.07, 6.45) is 9.42. The number of fused-ring (bicyclic) bond motifs is 4. The van der Waals surface area contributed by atoms with Crippen molar-refractivity contribution in [3.05, 3.63) is 97.6 Å². The molecule has 0 bridgehead atoms. The molecule has 21 heteroatoms. The fourth-order valence-corrected chi connectivity index (χ4v) is 14.3. The molecule has 5 N–H and O–H groups in total. The zero-order valence-electron chi connectivity index (χ0n) is 41.0. The number of halogens is 3. The second kappa shape index (κ2) is 20.2. The Kier molecular flexibility index (Phi) is 14.2. The van der Waals surface area contributed by atoms with Crippen LogP contribution in [0, 0.1) is 11.7 Å². The number of anilines is 1. The van der Waals surface area contributed by atoms with Crippen LogP contribution < -0.4 is 31.7 Å². The number of carbonyl (C=O) groups excluding carboxylic acids is 5. The number of imide groups is 1. The summed E-state index contributed by atoms with van der Waals surface area (Å²) in [5.74, 6) is -3.46. The SMILES string of the molecule is Cn1c(=O)n(C2CCC(=O)NC2=O)c2ccc(CCCN3CCN(CC4CCC(NC(=O)[C@@H]5NC6(CCCCC6)[C@@]6(C(=O)Nc7cc(Cl)ccc76)[C@H]5c5cccc(Cl)c5F)CC4)[C@H](C(=O)NS(C)(=O)=O)C3)cc21. The van der Waals surface area contributed by atoms with Crippen molar-refractivity contribution in [1.82, 2.24) is 39.6 Å². The molecule has 5 fully saturated rings. The van der Waals surface area contributed by atoms with Crippen LogP contribution in [0.5, 0.6) is 0 Å². The molecule has 390 valence electrons. The molecular weight excluding hydrogens is 1000 g/mol. The number of imidazole rings is 1. The van der Waals surface area contributed by atoms with Crippen molar-refractivity contribution in [2.45, 2.75) is 125 Å². The average molecular weight is 1060 g/mol. The highest BCUT2D eigenvalue weighted by Gasteiger charge is 2.72. The zero-order valence-corrected chi connectivity index (χ0v) is 43.3. The number of piperidine rings is 1. The summed E-state index contributed by atoms with van der Waals surface area (Å²) in [6.45, 7) is 2.75. The summed E-state index contributed by atoms with van der Waals surface area (Å²) < 4.78 is 46.3. The molecule has 2 spiro atoms. The van der Waals surface area contributed by atoms with Gasteiger partial charge in [0.15, 0.2) is 0 Å². The van der Waals surface area contributed by atoms with E-state index < -0.39 is 62.7 Å². The molecule has 5 heterocycles. The fraction of sp³-hybridized carbons (Fsp3) is 0.538. The van der Waals surface area contributed by atoms with Crippen LogP contribution in [0.2, 0.25) is 10.0 Å². The van der Waals surface area contributed by atoms with Gasteiger partial charge in [-0.15, -0.1) is 0 Å². The van der Waals surface area contributed by atoms with Crippen LogP contribution in [0.3, 0.4) is 0 Å². The molecule has 10 rings (SSSR count). The Bertz CT molecular complexity index is 3060. The number of nitrogens with one attached hydrogen (secondary N) is 5. The van der Waals surface area contributed by atoms with Gasteiger partial charge in [-0.2, -0.15) is 0 Å². The topological polar surface area (TPSA) is 213 Å². The van der Waals surface area contributed by atoms with E-state index in [1.807, 2.05) is 24.3 Å². The minimum atomic E-state index is -3.83. The van der Waals surface area contributed by atoms with Crippen molar-refractivity contribution in [3.63, 3.8) is 0 Å². The van der Waals surface area contributed by atoms with Crippen LogP contribution in [0.4, 0.5) is 10.1 Å². The quantitative estimate of drug-likeness (QED) is 0.122. The van der Waals surface area contributed by atoms with Gasteiger partial charge in [-0.25, -0.2) is 17.6 Å². The predicted molar refractivity (Wildman–Crippen MR) is 274 cm³/mol. The van der Waals surface area contributed by atoms with Crippen molar-refractivity contribution < 1.29 is 36.8 Å². The number of benzene rings is 3. The van der Waals surface area contributed by atoms with Crippen LogP contribution in [-0.2, 0) is 52.9 Å². The first kappa shape index (κ1) is 51.3. The number of sulfonamides is 1. The minimum Gasteiger partial charge on any atom is -0.352 e. The summed E-state index contributed by atoms with van der Waals surface area (Å²) in [7, 11) is -2.17. The van der Waals surface area contributed by atoms with Crippen LogP contribution in [0.25, 0.3) is 11.0 Å². The number of hydrogen-bond acceptors (Lipinski definition) is 11. The second-order valence-corrected chi connectivity index (χ2v) is 23.8. The van der Waals surface area contributed by atoms with Gasteiger partial charge in [0.05, 0.1) is 28.4 Å². The van der Waals surface area contributed by atoms with Crippen molar-refractivity contribution in [2.75, 3.05) is 44.3 Å². The average Bonchev–Trinajstić information content (AvgIpc) is 3.90. The number of aryl methyl sites for hydroxylation is 2. The lowest BCUT2D eigenvalue weighted by Crippen LogP contribution is -2.60. The molecule has 73 heavy (non-hydrogen) atoms. The number of carbonyl (C=O) groups is 5. The molecule has 3 saturated heterocycles. The number of amides is 5. The van der Waals surface area contributed by atoms with Gasteiger partial charge >= 0.3 is 5.69 Å². The largest absolute Gasteiger partial charge is 0.352 e. The fourth-order valence-electron chi connectivity index (χ4n) is 13.4. The Hall–Kier alpha value is -5.18. The maximum absolute atomic E-state index is 16.4. The second-order valence-electron chi connectivity index (χ2n) is 21.2. The molecular formula is C52H62Cl2FN9O8S. The third-order valence-corrected chi connectivity index (χ3v) is 17.9. The van der Waals surface area contributed by atoms with E-state index in [-0.39, 0.29) is 58.8 Å². The predicted octanol–water partition coefficient (Wildman–Crippen LogP) is 4.78. The maximum Gasteiger partial charge on any atom is 0.329 e. The molecule has 4 aromatic rings. The Morgan fingerprint density at radius 2 is 1.66 bits per heavy atom. The molecule has 3 aromatic carbocycles. The number of nitrogens with zero attached hydrogens (tertiary/aromatic N) is 4. The minimum absolute atomic E-state index is 0.0923. The summed E-state index contributed by atoms with van der Waals surface area (Å²) in [4.78, 5) is 85.3. The monoisotopic (exact) mass is 1060 g/mol. The normalized spacial score (nSPS) is 27.5. The van der Waals surface area contributed by atoms with Gasteiger partial charge in [-0.1, -0.05) is 66.7 Å². The molecule has 6 aliphatic rings. The van der Waals surface area contributed by atoms with Gasteiger partial charge in [-0.3, -0.25) is 58.3 Å². The van der Waals surface area contributed by atoms with Gasteiger partial charge in [0, 0.05) is 67.9 Å². The Balaban J connectivity index is 0.795. The smallest absolute Gasteiger partial charge is 0.329 e. The number of aromatic nitrogens is 2. The van der Waals surface area contributed by atoms with E-state index in [1.165, 1.54) is 15.2 Å². The lowest BCUT2D eigenvalue weighted by molar-refractivity contribution is -0.136. The third kappa shape index (κ3) is 9.51. The van der Waals surface area contributed by atoms with Crippen LogP contribution in [0.1, 0.15) is 106 Å². The highest BCUT2D eigenvalue weighted by atomic mass is 35.5. The maximum atomic E-state index is 16.4. The van der Waals surface area contributed by atoms with E-state index in [0.29, 0.717) is 92.1 Å². The van der Waals surface area contributed by atoms with E-state index >= 15 is 4.39 Å². The zero-order chi connectivity index (χ0) is 51.6. The number of rotatable bonds is 12. The first-order valence-corrected chi connectivity index (χ1v) is 28.2. The number of piperazine rings is 1. The summed E-state index contributed by atoms with van der Waals surface area (Å²) >= 11 is 12.9. The lowest BCUT2D eigenvalue weighted by atomic mass is 9.55. The van der Waals surface area contributed by atoms with E-state index in [2.05, 4.69) is 35.8 Å². The van der Waals surface area contributed by atoms with Gasteiger partial charge in [-0.05, 0) is 117 Å². The van der Waals surface area contributed by atoms with E-state index in [1.54, 1.807) is 31.3 Å². The molecule has 5 atom stereocenters. The molecule has 2 aliphatic carbocycles. The Morgan fingerprint density at radius 1 is 0.890 bits per heavy atom. The molecule has 1 aromatic heterocycles. The Morgan fingerprint density at radius 3 is 2.40 bits per heavy atom. The van der Waals surface area contributed by atoms with Crippen molar-refractivity contribution >= 4 is 79.5 Å². The van der Waals surface area contributed by atoms with Crippen molar-refractivity contribution in [1.29, 1.82) is 0 Å². The molecule has 5 amide bonds. The standard InChI is InChI=1S/C52H62Cl2FN9O8S/c1-61-40-26-30(13-18-38(40)64(50(61)70)39-19-20-42(65)58-46(39)66)8-7-23-62-24-25-63(41(29-62)47(67)60-73(2,71)72)28-31-11-15-33(16-12-31)56-48(68)45-43(34-9-6-10-36(54)44(34)55)52(51(59-45)21-4-3-5-22-51)35-17-14-32(53)27-37(35)57-49(52)69/h6,9-10,13-14,17-18,26-27,31,33,39,41,43,45,59H,3-5,7-8,11-12,15-16,19-25,28-29H2,1-2H3,(H,56,68)(H,57,69)(H,60,67)(H,58,65,66)/t31?,33?,39?,41-,43-,45+,52+/m0/s1. The first-order chi connectivity index (χ1) is 34.9. The lowest BCUT2D eigenvalue weighted by Gasteiger charge is -2.47. The van der Waals surface area contributed by atoms with Gasteiger partial charge < -0.3 is 10.6 Å². The highest BCUT2D eigenvalue weighted by molar-refractivity contribution is 7.89. The van der Waals surface area contributed by atoms with Gasteiger partial charge in [0.1, 0.15) is 23.3 Å². The molecule has 4 aliphatic heterocycles. The highest BCUT2D eigenvalue weighted by Crippen LogP contribution is 2.63. The Labute approximate surface area is 433 Å². The van der Waals surface area contributed by atoms with Crippen molar-refractivity contribution in [2.24, 2.45) is 13.0 Å². The molecule has 17 nitrogen and oxygen atoms in total. The number of hydrogen-bond donors (Lipinski definition) is 5. The summed E-state index contributed by atoms with van der Waals surface area (Å²) in [5, 5.41) is 12.8.